The van der Waals surface area contributed by atoms with Crippen LogP contribution in [-0.2, 0) is 14.3 Å². The van der Waals surface area contributed by atoms with Gasteiger partial charge in [0, 0.05) is 18.4 Å². The van der Waals surface area contributed by atoms with Crippen molar-refractivity contribution < 1.29 is 19.4 Å². The summed E-state index contributed by atoms with van der Waals surface area (Å²) in [6, 6.07) is -1.02. The van der Waals surface area contributed by atoms with E-state index in [1.54, 1.807) is 27.9 Å². The van der Waals surface area contributed by atoms with E-state index < -0.39 is 16.8 Å². The molecule has 18 heavy (non-hydrogen) atoms. The lowest BCUT2D eigenvalue weighted by Crippen LogP contribution is -2.48. The molecule has 0 saturated carbocycles. The van der Waals surface area contributed by atoms with Crippen LogP contribution in [0, 0.1) is 0 Å². The van der Waals surface area contributed by atoms with Crippen molar-refractivity contribution in [3.8, 4) is 0 Å². The minimum Gasteiger partial charge on any atom is -0.480 e. The van der Waals surface area contributed by atoms with Crippen molar-refractivity contribution >= 4 is 23.6 Å². The van der Waals surface area contributed by atoms with Gasteiger partial charge in [-0.05, 0) is 20.8 Å². The first-order valence-corrected chi connectivity index (χ1v) is 6.53. The molecule has 0 saturated heterocycles. The zero-order valence-electron chi connectivity index (χ0n) is 11.2. The van der Waals surface area contributed by atoms with Gasteiger partial charge in [0.1, 0.15) is 6.04 Å². The molecule has 0 bridgehead atoms. The van der Waals surface area contributed by atoms with E-state index in [9.17, 15) is 9.59 Å². The summed E-state index contributed by atoms with van der Waals surface area (Å²) in [4.78, 5) is 22.6. The molecule has 0 rings (SSSR count). The topological polar surface area (TPSA) is 102 Å². The molecule has 0 aliphatic carbocycles. The SMILES string of the molecule is COCCNC(=O)C(C)SC(C)(C)[C@@H](N)C(=O)O. The zero-order chi connectivity index (χ0) is 14.3. The zero-order valence-corrected chi connectivity index (χ0v) is 12.0. The number of carbonyl (C=O) groups excluding carboxylic acids is 1. The Hall–Kier alpha value is -0.790. The van der Waals surface area contributed by atoms with Crippen molar-refractivity contribution in [3.63, 3.8) is 0 Å². The number of aliphatic carboxylic acids is 1. The second-order valence-corrected chi connectivity index (χ2v) is 6.46. The van der Waals surface area contributed by atoms with Gasteiger partial charge in [0.25, 0.3) is 0 Å². The molecule has 0 aromatic carbocycles. The molecule has 6 nitrogen and oxygen atoms in total. The summed E-state index contributed by atoms with van der Waals surface area (Å²) in [7, 11) is 1.55. The molecule has 4 N–H and O–H groups in total. The molecule has 2 atom stereocenters. The number of carbonyl (C=O) groups is 2. The molecular weight excluding hydrogens is 256 g/mol. The van der Waals surface area contributed by atoms with Crippen molar-refractivity contribution in [1.29, 1.82) is 0 Å². The van der Waals surface area contributed by atoms with Crippen molar-refractivity contribution in [2.45, 2.75) is 36.8 Å². The van der Waals surface area contributed by atoms with Gasteiger partial charge in [-0.1, -0.05) is 0 Å². The Kier molecular flexibility index (Phi) is 7.27. The van der Waals surface area contributed by atoms with Crippen molar-refractivity contribution in [2.24, 2.45) is 5.73 Å². The highest BCUT2D eigenvalue weighted by Crippen LogP contribution is 2.31. The number of hydrogen-bond acceptors (Lipinski definition) is 5. The molecule has 1 amide bonds. The lowest BCUT2D eigenvalue weighted by Gasteiger charge is -2.30. The Bertz CT molecular complexity index is 297. The van der Waals surface area contributed by atoms with Gasteiger partial charge in [-0.3, -0.25) is 9.59 Å². The second-order valence-electron chi connectivity index (χ2n) is 4.46. The highest BCUT2D eigenvalue weighted by molar-refractivity contribution is 8.02. The van der Waals surface area contributed by atoms with Gasteiger partial charge < -0.3 is 20.9 Å². The fourth-order valence-corrected chi connectivity index (χ4v) is 2.65. The first-order valence-electron chi connectivity index (χ1n) is 5.65. The van der Waals surface area contributed by atoms with E-state index >= 15 is 0 Å². The largest absolute Gasteiger partial charge is 0.480 e. The van der Waals surface area contributed by atoms with Gasteiger partial charge in [0.05, 0.1) is 11.9 Å². The highest BCUT2D eigenvalue weighted by atomic mass is 32.2. The van der Waals surface area contributed by atoms with Gasteiger partial charge in [-0.15, -0.1) is 11.8 Å². The van der Waals surface area contributed by atoms with E-state index in [4.69, 9.17) is 15.6 Å². The van der Waals surface area contributed by atoms with Gasteiger partial charge in [-0.2, -0.15) is 0 Å². The van der Waals surface area contributed by atoms with E-state index in [0.29, 0.717) is 13.2 Å². The average molecular weight is 278 g/mol. The number of hydrogen-bond donors (Lipinski definition) is 3. The maximum atomic E-state index is 11.7. The van der Waals surface area contributed by atoms with Crippen LogP contribution in [0.3, 0.4) is 0 Å². The summed E-state index contributed by atoms with van der Waals surface area (Å²) in [5.74, 6) is -1.22. The Morgan fingerprint density at radius 3 is 2.50 bits per heavy atom. The summed E-state index contributed by atoms with van der Waals surface area (Å²) in [6.45, 7) is 6.04. The molecule has 7 heteroatoms. The first kappa shape index (κ1) is 17.2. The summed E-state index contributed by atoms with van der Waals surface area (Å²) in [5.41, 5.74) is 5.59. The molecule has 0 fully saturated rings. The van der Waals surface area contributed by atoms with Crippen LogP contribution >= 0.6 is 11.8 Å². The van der Waals surface area contributed by atoms with E-state index in [0.717, 1.165) is 0 Å². The molecular formula is C11H22N2O4S. The summed E-state index contributed by atoms with van der Waals surface area (Å²) in [5, 5.41) is 11.2. The standard InChI is InChI=1S/C11H22N2O4S/c1-7(9(14)13-5-6-17-4)18-11(2,3)8(12)10(15)16/h7-8H,5-6,12H2,1-4H3,(H,13,14)(H,15,16)/t7?,8-/m0/s1. The van der Waals surface area contributed by atoms with E-state index in [-0.39, 0.29) is 11.2 Å². The molecule has 0 aliphatic rings. The van der Waals surface area contributed by atoms with E-state index in [2.05, 4.69) is 5.32 Å². The van der Waals surface area contributed by atoms with Crippen LogP contribution in [0.1, 0.15) is 20.8 Å². The van der Waals surface area contributed by atoms with Gasteiger partial charge >= 0.3 is 5.97 Å². The number of nitrogens with one attached hydrogen (secondary N) is 1. The summed E-state index contributed by atoms with van der Waals surface area (Å²) < 4.78 is 4.10. The molecule has 106 valence electrons. The van der Waals surface area contributed by atoms with Crippen LogP contribution in [0.2, 0.25) is 0 Å². The van der Waals surface area contributed by atoms with Crippen LogP contribution in [0.15, 0.2) is 0 Å². The number of thioether (sulfide) groups is 1. The van der Waals surface area contributed by atoms with Gasteiger partial charge in [0.15, 0.2) is 0 Å². The molecule has 0 heterocycles. The normalized spacial score (nSPS) is 14.9. The predicted molar refractivity (Wildman–Crippen MR) is 71.6 cm³/mol. The van der Waals surface area contributed by atoms with Gasteiger partial charge in [0.2, 0.25) is 5.91 Å². The lowest BCUT2D eigenvalue weighted by atomic mass is 10.1. The summed E-state index contributed by atoms with van der Waals surface area (Å²) >= 11 is 1.25. The Labute approximate surface area is 112 Å². The Morgan fingerprint density at radius 2 is 2.06 bits per heavy atom. The van der Waals surface area contributed by atoms with Crippen molar-refractivity contribution in [3.05, 3.63) is 0 Å². The van der Waals surface area contributed by atoms with Crippen LogP contribution in [0.4, 0.5) is 0 Å². The van der Waals surface area contributed by atoms with Crippen LogP contribution in [0.25, 0.3) is 0 Å². The third-order valence-corrected chi connectivity index (χ3v) is 3.90. The highest BCUT2D eigenvalue weighted by Gasteiger charge is 2.35. The molecule has 1 unspecified atom stereocenters. The average Bonchev–Trinajstić information content (AvgIpc) is 2.27. The lowest BCUT2D eigenvalue weighted by molar-refractivity contribution is -0.139. The van der Waals surface area contributed by atoms with Crippen molar-refractivity contribution in [1.82, 2.24) is 5.32 Å². The van der Waals surface area contributed by atoms with Gasteiger partial charge in [-0.25, -0.2) is 0 Å². The first-order chi connectivity index (χ1) is 8.22. The fourth-order valence-electron chi connectivity index (χ4n) is 1.30. The smallest absolute Gasteiger partial charge is 0.321 e. The maximum absolute atomic E-state index is 11.7. The van der Waals surface area contributed by atoms with Crippen LogP contribution in [-0.4, -0.2) is 53.3 Å². The maximum Gasteiger partial charge on any atom is 0.321 e. The van der Waals surface area contributed by atoms with E-state index in [1.807, 2.05) is 0 Å². The molecule has 0 aromatic heterocycles. The number of nitrogens with two attached hydrogens (primary N) is 1. The van der Waals surface area contributed by atoms with Crippen LogP contribution < -0.4 is 11.1 Å². The number of carboxylic acids is 1. The Balaban J connectivity index is 4.32. The third-order valence-electron chi connectivity index (χ3n) is 2.47. The molecule has 0 aromatic rings. The predicted octanol–water partition coefficient (Wildman–Crippen LogP) is 0.0612. The number of methoxy groups -OCH3 is 1. The number of ether oxygens (including phenoxy) is 1. The van der Waals surface area contributed by atoms with Crippen LogP contribution in [0.5, 0.6) is 0 Å². The minimum atomic E-state index is -1.07. The second kappa shape index (κ2) is 7.60. The molecule has 0 spiro atoms. The molecule has 0 radical (unpaired) electrons. The Morgan fingerprint density at radius 1 is 1.50 bits per heavy atom. The monoisotopic (exact) mass is 278 g/mol. The van der Waals surface area contributed by atoms with E-state index in [1.165, 1.54) is 11.8 Å². The minimum absolute atomic E-state index is 0.150. The third kappa shape index (κ3) is 5.70. The molecule has 0 aliphatic heterocycles. The number of amides is 1. The number of rotatable bonds is 8. The summed E-state index contributed by atoms with van der Waals surface area (Å²) in [6.07, 6.45) is 0. The quantitative estimate of drug-likeness (QED) is 0.543. The number of carboxylic acid groups (broad SMARTS) is 1. The van der Waals surface area contributed by atoms with Crippen molar-refractivity contribution in [2.75, 3.05) is 20.3 Å². The fraction of sp³-hybridized carbons (Fsp3) is 0.818.